The Morgan fingerprint density at radius 3 is 2.54 bits per heavy atom. The highest BCUT2D eigenvalue weighted by molar-refractivity contribution is 7.92. The maximum absolute atomic E-state index is 13.2. The molecule has 3 aromatic rings. The Labute approximate surface area is 163 Å². The summed E-state index contributed by atoms with van der Waals surface area (Å²) < 4.78 is 39.4. The van der Waals surface area contributed by atoms with Crippen LogP contribution in [0, 0.1) is 5.82 Å². The largest absolute Gasteiger partial charge is 0.296 e. The fraction of sp³-hybridized carbons (Fsp3) is 0.227. The maximum atomic E-state index is 13.2. The topological polar surface area (TPSA) is 50.3 Å². The minimum Gasteiger partial charge on any atom is -0.296 e. The Hall–Kier alpha value is -2.57. The van der Waals surface area contributed by atoms with E-state index in [1.54, 1.807) is 24.4 Å². The molecule has 5 rings (SSSR count). The second-order valence-corrected chi connectivity index (χ2v) is 9.60. The van der Waals surface area contributed by atoms with Crippen molar-refractivity contribution < 1.29 is 12.8 Å². The first-order valence-electron chi connectivity index (χ1n) is 9.28. The van der Waals surface area contributed by atoms with E-state index < -0.39 is 15.1 Å². The molecule has 0 radical (unpaired) electrons. The molecule has 0 aliphatic carbocycles. The van der Waals surface area contributed by atoms with Crippen LogP contribution in [0.1, 0.15) is 17.2 Å². The second kappa shape index (κ2) is 6.50. The molecule has 0 unspecified atom stereocenters. The van der Waals surface area contributed by atoms with E-state index in [1.807, 2.05) is 30.3 Å². The van der Waals surface area contributed by atoms with Gasteiger partial charge in [-0.25, -0.2) is 12.8 Å². The average Bonchev–Trinajstić information content (AvgIpc) is 3.21. The molecule has 0 N–H and O–H groups in total. The minimum absolute atomic E-state index is 0.0379. The van der Waals surface area contributed by atoms with Crippen LogP contribution in [0.3, 0.4) is 0 Å². The first kappa shape index (κ1) is 17.5. The van der Waals surface area contributed by atoms with Gasteiger partial charge in [0.2, 0.25) is 0 Å². The molecule has 0 bridgehead atoms. The van der Waals surface area contributed by atoms with Gasteiger partial charge in [-0.3, -0.25) is 9.88 Å². The standard InChI is InChI=1S/C22H19FN2O2S/c23-17-7-4-15(5-8-17)16-6-9-21-19(11-16)20-13-25(14-22(20)28(21,26)27)12-18-3-1-2-10-24-18/h1-11,20,22H,12-14H2/t20-,22-/m1/s1. The van der Waals surface area contributed by atoms with Crippen LogP contribution in [0.2, 0.25) is 0 Å². The van der Waals surface area contributed by atoms with Gasteiger partial charge in [-0.2, -0.15) is 0 Å². The third kappa shape index (κ3) is 2.84. The summed E-state index contributed by atoms with van der Waals surface area (Å²) in [6, 6.07) is 17.6. The fourth-order valence-electron chi connectivity index (χ4n) is 4.40. The molecule has 142 valence electrons. The van der Waals surface area contributed by atoms with Gasteiger partial charge in [0.1, 0.15) is 5.82 Å². The molecule has 1 saturated heterocycles. The SMILES string of the molecule is O=S1(=O)c2ccc(-c3ccc(F)cc3)cc2[C@H]2CN(Cc3ccccn3)C[C@H]21. The first-order valence-corrected chi connectivity index (χ1v) is 10.8. The molecule has 4 nitrogen and oxygen atoms in total. The van der Waals surface area contributed by atoms with Crippen molar-refractivity contribution in [3.05, 3.63) is 83.9 Å². The van der Waals surface area contributed by atoms with Gasteiger partial charge in [0, 0.05) is 31.7 Å². The van der Waals surface area contributed by atoms with E-state index in [0.717, 1.165) is 22.4 Å². The number of fused-ring (bicyclic) bond motifs is 3. The van der Waals surface area contributed by atoms with E-state index in [-0.39, 0.29) is 11.7 Å². The van der Waals surface area contributed by atoms with Crippen molar-refractivity contribution in [2.75, 3.05) is 13.1 Å². The molecule has 1 aromatic heterocycles. The van der Waals surface area contributed by atoms with Gasteiger partial charge in [0.25, 0.3) is 0 Å². The molecule has 28 heavy (non-hydrogen) atoms. The zero-order valence-electron chi connectivity index (χ0n) is 15.1. The Bertz CT molecular complexity index is 1130. The quantitative estimate of drug-likeness (QED) is 0.681. The minimum atomic E-state index is -3.34. The number of benzene rings is 2. The average molecular weight is 394 g/mol. The van der Waals surface area contributed by atoms with Crippen LogP contribution < -0.4 is 0 Å². The molecule has 1 fully saturated rings. The van der Waals surface area contributed by atoms with E-state index >= 15 is 0 Å². The number of aromatic nitrogens is 1. The van der Waals surface area contributed by atoms with Gasteiger partial charge in [-0.05, 0) is 53.1 Å². The Kier molecular flexibility index (Phi) is 4.07. The zero-order chi connectivity index (χ0) is 19.3. The number of likely N-dealkylation sites (tertiary alicyclic amines) is 1. The molecule has 0 amide bonds. The summed E-state index contributed by atoms with van der Waals surface area (Å²) in [5, 5.41) is -0.408. The Morgan fingerprint density at radius 2 is 1.79 bits per heavy atom. The van der Waals surface area contributed by atoms with Gasteiger partial charge in [0.05, 0.1) is 15.8 Å². The third-order valence-corrected chi connectivity index (χ3v) is 8.01. The van der Waals surface area contributed by atoms with E-state index in [1.165, 1.54) is 12.1 Å². The summed E-state index contributed by atoms with van der Waals surface area (Å²) in [7, 11) is -3.34. The summed E-state index contributed by atoms with van der Waals surface area (Å²) in [4.78, 5) is 6.98. The van der Waals surface area contributed by atoms with Crippen LogP contribution in [0.5, 0.6) is 0 Å². The molecule has 2 atom stereocenters. The van der Waals surface area contributed by atoms with Crippen LogP contribution >= 0.6 is 0 Å². The maximum Gasteiger partial charge on any atom is 0.183 e. The lowest BCUT2D eigenvalue weighted by atomic mass is 9.94. The lowest BCUT2D eigenvalue weighted by Crippen LogP contribution is -2.26. The van der Waals surface area contributed by atoms with Gasteiger partial charge in [0.15, 0.2) is 9.84 Å². The first-order chi connectivity index (χ1) is 13.5. The molecule has 2 aliphatic heterocycles. The number of pyridine rings is 1. The number of hydrogen-bond acceptors (Lipinski definition) is 4. The van der Waals surface area contributed by atoms with Crippen molar-refractivity contribution in [3.63, 3.8) is 0 Å². The lowest BCUT2D eigenvalue weighted by molar-refractivity contribution is 0.321. The van der Waals surface area contributed by atoms with Crippen molar-refractivity contribution >= 4 is 9.84 Å². The van der Waals surface area contributed by atoms with Crippen molar-refractivity contribution in [1.29, 1.82) is 0 Å². The summed E-state index contributed by atoms with van der Waals surface area (Å²) in [5.41, 5.74) is 3.63. The number of hydrogen-bond donors (Lipinski definition) is 0. The van der Waals surface area contributed by atoms with Gasteiger partial charge < -0.3 is 0 Å². The highest BCUT2D eigenvalue weighted by Crippen LogP contribution is 2.46. The highest BCUT2D eigenvalue weighted by atomic mass is 32.2. The van der Waals surface area contributed by atoms with E-state index in [9.17, 15) is 12.8 Å². The Balaban J connectivity index is 1.48. The van der Waals surface area contributed by atoms with Crippen LogP contribution in [-0.4, -0.2) is 36.6 Å². The molecule has 0 saturated carbocycles. The predicted octanol–water partition coefficient (Wildman–Crippen LogP) is 3.64. The summed E-state index contributed by atoms with van der Waals surface area (Å²) in [6.07, 6.45) is 1.76. The van der Waals surface area contributed by atoms with E-state index in [2.05, 4.69) is 9.88 Å². The summed E-state index contributed by atoms with van der Waals surface area (Å²) >= 11 is 0. The molecule has 3 heterocycles. The zero-order valence-corrected chi connectivity index (χ0v) is 15.9. The van der Waals surface area contributed by atoms with Crippen LogP contribution in [0.15, 0.2) is 71.8 Å². The van der Waals surface area contributed by atoms with Crippen LogP contribution in [0.25, 0.3) is 11.1 Å². The highest BCUT2D eigenvalue weighted by Gasteiger charge is 2.50. The van der Waals surface area contributed by atoms with Gasteiger partial charge in [-0.1, -0.05) is 24.3 Å². The normalized spacial score (nSPS) is 22.8. The Morgan fingerprint density at radius 1 is 1.00 bits per heavy atom. The number of rotatable bonds is 3. The van der Waals surface area contributed by atoms with Crippen molar-refractivity contribution in [1.82, 2.24) is 9.88 Å². The smallest absolute Gasteiger partial charge is 0.183 e. The van der Waals surface area contributed by atoms with Crippen LogP contribution in [0.4, 0.5) is 4.39 Å². The monoisotopic (exact) mass is 394 g/mol. The molecule has 2 aromatic carbocycles. The molecular weight excluding hydrogens is 375 g/mol. The summed E-state index contributed by atoms with van der Waals surface area (Å²) in [6.45, 7) is 1.86. The molecular formula is C22H19FN2O2S. The van der Waals surface area contributed by atoms with Crippen LogP contribution in [-0.2, 0) is 16.4 Å². The van der Waals surface area contributed by atoms with Crippen molar-refractivity contribution in [2.24, 2.45) is 0 Å². The number of halogens is 1. The lowest BCUT2D eigenvalue weighted by Gasteiger charge is -2.17. The van der Waals surface area contributed by atoms with Crippen molar-refractivity contribution in [3.8, 4) is 11.1 Å². The number of nitrogens with zero attached hydrogens (tertiary/aromatic N) is 2. The van der Waals surface area contributed by atoms with Gasteiger partial charge >= 0.3 is 0 Å². The van der Waals surface area contributed by atoms with E-state index in [0.29, 0.717) is 24.5 Å². The molecule has 6 heteroatoms. The molecule has 2 aliphatic rings. The number of sulfone groups is 1. The van der Waals surface area contributed by atoms with Crippen molar-refractivity contribution in [2.45, 2.75) is 22.6 Å². The predicted molar refractivity (Wildman–Crippen MR) is 105 cm³/mol. The molecule has 0 spiro atoms. The second-order valence-electron chi connectivity index (χ2n) is 7.46. The fourth-order valence-corrected chi connectivity index (χ4v) is 6.59. The van der Waals surface area contributed by atoms with Gasteiger partial charge in [-0.15, -0.1) is 0 Å². The summed E-state index contributed by atoms with van der Waals surface area (Å²) in [5.74, 6) is -0.322. The van der Waals surface area contributed by atoms with E-state index in [4.69, 9.17) is 0 Å². The third-order valence-electron chi connectivity index (χ3n) is 5.75.